The largest absolute Gasteiger partial charge is 0.309 e. The fourth-order valence-electron chi connectivity index (χ4n) is 10.0. The highest BCUT2D eigenvalue weighted by Crippen LogP contribution is 2.57. The van der Waals surface area contributed by atoms with Gasteiger partial charge in [0.2, 0.25) is 0 Å². The van der Waals surface area contributed by atoms with E-state index in [0.29, 0.717) is 0 Å². The zero-order valence-corrected chi connectivity index (χ0v) is 32.9. The van der Waals surface area contributed by atoms with E-state index in [1.807, 2.05) is 11.3 Å². The van der Waals surface area contributed by atoms with Crippen LogP contribution in [0.2, 0.25) is 0 Å². The van der Waals surface area contributed by atoms with Crippen LogP contribution >= 0.6 is 11.3 Å². The molecule has 0 fully saturated rings. The van der Waals surface area contributed by atoms with Crippen molar-refractivity contribution in [3.05, 3.63) is 198 Å². The lowest BCUT2D eigenvalue weighted by molar-refractivity contribution is 0.660. The Labute approximate surface area is 333 Å². The molecular formula is C54H41NS. The summed E-state index contributed by atoms with van der Waals surface area (Å²) in [6.45, 7) is 9.49. The first-order chi connectivity index (χ1) is 27.3. The van der Waals surface area contributed by atoms with E-state index in [4.69, 9.17) is 0 Å². The van der Waals surface area contributed by atoms with Gasteiger partial charge in [-0.05, 0) is 92.0 Å². The van der Waals surface area contributed by atoms with E-state index in [-0.39, 0.29) is 10.8 Å². The minimum Gasteiger partial charge on any atom is -0.309 e. The van der Waals surface area contributed by atoms with E-state index in [9.17, 15) is 0 Å². The van der Waals surface area contributed by atoms with Crippen molar-refractivity contribution < 1.29 is 0 Å². The van der Waals surface area contributed by atoms with Gasteiger partial charge >= 0.3 is 0 Å². The Kier molecular flexibility index (Phi) is 7.18. The highest BCUT2D eigenvalue weighted by atomic mass is 32.1. The molecule has 0 N–H and O–H groups in total. The summed E-state index contributed by atoms with van der Waals surface area (Å²) in [6, 6.07) is 65.8. The highest BCUT2D eigenvalue weighted by Gasteiger charge is 2.39. The van der Waals surface area contributed by atoms with Gasteiger partial charge in [-0.25, -0.2) is 0 Å². The molecule has 11 rings (SSSR count). The average Bonchev–Trinajstić information content (AvgIpc) is 3.82. The number of rotatable bonds is 5. The second kappa shape index (κ2) is 12.1. The van der Waals surface area contributed by atoms with Crippen LogP contribution in [0.15, 0.2) is 176 Å². The molecule has 0 radical (unpaired) electrons. The summed E-state index contributed by atoms with van der Waals surface area (Å²) in [5.74, 6) is 0. The van der Waals surface area contributed by atoms with Gasteiger partial charge in [-0.2, -0.15) is 0 Å². The third-order valence-corrected chi connectivity index (χ3v) is 13.8. The Hall–Kier alpha value is -6.22. The molecule has 0 atom stereocenters. The van der Waals surface area contributed by atoms with Crippen LogP contribution in [0.3, 0.4) is 0 Å². The summed E-state index contributed by atoms with van der Waals surface area (Å²) in [6.07, 6.45) is 0. The number of fused-ring (bicyclic) bond motifs is 9. The van der Waals surface area contributed by atoms with Crippen LogP contribution in [-0.2, 0) is 10.8 Å². The molecular weight excluding hydrogens is 695 g/mol. The molecule has 268 valence electrons. The number of benzene rings is 8. The summed E-state index contributed by atoms with van der Waals surface area (Å²) in [4.78, 5) is 2.55. The maximum Gasteiger partial charge on any atom is 0.0543 e. The van der Waals surface area contributed by atoms with E-state index in [1.54, 1.807) is 0 Å². The Morgan fingerprint density at radius 2 is 0.911 bits per heavy atom. The molecule has 2 heteroatoms. The highest BCUT2D eigenvalue weighted by molar-refractivity contribution is 7.25. The Balaban J connectivity index is 1.20. The molecule has 0 spiro atoms. The Bertz CT molecular complexity index is 3050. The fourth-order valence-corrected chi connectivity index (χ4v) is 11.2. The molecule has 0 amide bonds. The summed E-state index contributed by atoms with van der Waals surface area (Å²) < 4.78 is 2.64. The van der Waals surface area contributed by atoms with Gasteiger partial charge in [0.15, 0.2) is 0 Å². The predicted octanol–water partition coefficient (Wildman–Crippen LogP) is 15.5. The molecule has 0 saturated heterocycles. The van der Waals surface area contributed by atoms with E-state index in [0.717, 1.165) is 11.4 Å². The molecule has 9 aromatic rings. The molecule has 0 unspecified atom stereocenters. The normalized spacial score (nSPS) is 14.4. The van der Waals surface area contributed by atoms with Gasteiger partial charge in [-0.1, -0.05) is 167 Å². The van der Waals surface area contributed by atoms with E-state index < -0.39 is 0 Å². The van der Waals surface area contributed by atoms with E-state index in [2.05, 4.69) is 209 Å². The van der Waals surface area contributed by atoms with Gasteiger partial charge in [-0.15, -0.1) is 11.3 Å². The van der Waals surface area contributed by atoms with Crippen LogP contribution in [0.5, 0.6) is 0 Å². The predicted molar refractivity (Wildman–Crippen MR) is 240 cm³/mol. The third-order valence-electron chi connectivity index (χ3n) is 12.7. The molecule has 56 heavy (non-hydrogen) atoms. The maximum absolute atomic E-state index is 2.55. The number of thiophene rings is 1. The SMILES string of the molecule is CC1(C)c2ccccc2-c2c(-c3ccccc3N(c3cccc(-c4cccc5sc6ccccc6c45)c3)c3cccc4c3-c3ccccc3C4(C)C)cccc21. The lowest BCUT2D eigenvalue weighted by atomic mass is 9.82. The zero-order valence-electron chi connectivity index (χ0n) is 32.1. The second-order valence-electron chi connectivity index (χ2n) is 16.4. The van der Waals surface area contributed by atoms with Crippen LogP contribution in [0, 0.1) is 0 Å². The summed E-state index contributed by atoms with van der Waals surface area (Å²) in [5.41, 5.74) is 19.0. The van der Waals surface area contributed by atoms with E-state index >= 15 is 0 Å². The van der Waals surface area contributed by atoms with Crippen molar-refractivity contribution in [2.45, 2.75) is 38.5 Å². The quantitative estimate of drug-likeness (QED) is 0.170. The standard InChI is InChI=1S/C54H41NS/c1-53(2)42-25-9-5-20-39(42)50-38(24-14-27-44(50)53)37-19-7-11-29-46(37)55(47-30-16-28-45-52(47)40-21-6-10-26-43(40)54(45,3)4)35-18-13-17-34(33-35)36-23-15-32-49-51(36)41-22-8-12-31-48(41)56-49/h5-33H,1-4H3. The summed E-state index contributed by atoms with van der Waals surface area (Å²) in [5, 5.41) is 2.64. The molecule has 2 aliphatic carbocycles. The van der Waals surface area contributed by atoms with Crippen LogP contribution < -0.4 is 4.90 Å². The van der Waals surface area contributed by atoms with Gasteiger partial charge in [0.05, 0.1) is 11.4 Å². The first kappa shape index (κ1) is 33.1. The number of para-hydroxylation sites is 1. The molecule has 0 aliphatic heterocycles. The van der Waals surface area contributed by atoms with Crippen LogP contribution in [0.4, 0.5) is 17.1 Å². The summed E-state index contributed by atoms with van der Waals surface area (Å²) in [7, 11) is 0. The summed E-state index contributed by atoms with van der Waals surface area (Å²) >= 11 is 1.88. The Morgan fingerprint density at radius 1 is 0.393 bits per heavy atom. The number of nitrogens with zero attached hydrogens (tertiary/aromatic N) is 1. The topological polar surface area (TPSA) is 3.24 Å². The van der Waals surface area contributed by atoms with E-state index in [1.165, 1.54) is 92.6 Å². The van der Waals surface area contributed by atoms with Crippen molar-refractivity contribution in [3.63, 3.8) is 0 Å². The van der Waals surface area contributed by atoms with Crippen molar-refractivity contribution in [1.29, 1.82) is 0 Å². The van der Waals surface area contributed by atoms with Crippen LogP contribution in [0.25, 0.3) is 64.7 Å². The number of anilines is 3. The monoisotopic (exact) mass is 735 g/mol. The lowest BCUT2D eigenvalue weighted by Gasteiger charge is -2.31. The first-order valence-electron chi connectivity index (χ1n) is 19.7. The van der Waals surface area contributed by atoms with Gasteiger partial charge in [0.25, 0.3) is 0 Å². The smallest absolute Gasteiger partial charge is 0.0543 e. The molecule has 0 saturated carbocycles. The van der Waals surface area contributed by atoms with Crippen molar-refractivity contribution in [1.82, 2.24) is 0 Å². The fraction of sp³-hybridized carbons (Fsp3) is 0.111. The van der Waals surface area contributed by atoms with Crippen molar-refractivity contribution >= 4 is 48.6 Å². The van der Waals surface area contributed by atoms with Crippen LogP contribution in [0.1, 0.15) is 49.9 Å². The van der Waals surface area contributed by atoms with Gasteiger partial charge in [0.1, 0.15) is 0 Å². The molecule has 1 nitrogen and oxygen atoms in total. The zero-order chi connectivity index (χ0) is 37.8. The molecule has 1 heterocycles. The molecule has 8 aromatic carbocycles. The minimum atomic E-state index is -0.125. The minimum absolute atomic E-state index is 0.0900. The van der Waals surface area contributed by atoms with Gasteiger partial charge in [0, 0.05) is 47.8 Å². The molecule has 1 aromatic heterocycles. The lowest BCUT2D eigenvalue weighted by Crippen LogP contribution is -2.16. The Morgan fingerprint density at radius 3 is 1.70 bits per heavy atom. The molecule has 2 aliphatic rings. The number of hydrogen-bond donors (Lipinski definition) is 0. The third kappa shape index (κ3) is 4.66. The van der Waals surface area contributed by atoms with Gasteiger partial charge < -0.3 is 4.90 Å². The maximum atomic E-state index is 2.55. The van der Waals surface area contributed by atoms with Crippen molar-refractivity contribution in [2.24, 2.45) is 0 Å². The van der Waals surface area contributed by atoms with Crippen molar-refractivity contribution in [3.8, 4) is 44.5 Å². The van der Waals surface area contributed by atoms with Crippen molar-refractivity contribution in [2.75, 3.05) is 4.90 Å². The first-order valence-corrected chi connectivity index (χ1v) is 20.5. The molecule has 0 bridgehead atoms. The average molecular weight is 736 g/mol. The van der Waals surface area contributed by atoms with Gasteiger partial charge in [-0.3, -0.25) is 0 Å². The van der Waals surface area contributed by atoms with Crippen LogP contribution in [-0.4, -0.2) is 0 Å². The second-order valence-corrected chi connectivity index (χ2v) is 17.5. The number of hydrogen-bond acceptors (Lipinski definition) is 2.